The van der Waals surface area contributed by atoms with Crippen molar-refractivity contribution in [2.45, 2.75) is 77.5 Å². The summed E-state index contributed by atoms with van der Waals surface area (Å²) in [7, 11) is 0. The van der Waals surface area contributed by atoms with Crippen LogP contribution in [-0.2, 0) is 19.4 Å². The van der Waals surface area contributed by atoms with Crippen LogP contribution in [0.5, 0.6) is 11.8 Å². The van der Waals surface area contributed by atoms with E-state index in [-0.39, 0.29) is 17.8 Å². The molecule has 1 aliphatic heterocycles. The van der Waals surface area contributed by atoms with Gasteiger partial charge in [-0.3, -0.25) is 9.36 Å². The van der Waals surface area contributed by atoms with Gasteiger partial charge in [0.25, 0.3) is 5.56 Å². The first-order valence-electron chi connectivity index (χ1n) is 10.7. The maximum atomic E-state index is 12.4. The van der Waals surface area contributed by atoms with Crippen LogP contribution in [0.25, 0.3) is 0 Å². The Bertz CT molecular complexity index is 856. The number of hydrogen-bond donors (Lipinski definition) is 0. The second-order valence-corrected chi connectivity index (χ2v) is 7.89. The summed E-state index contributed by atoms with van der Waals surface area (Å²) in [5, 5.41) is 0. The van der Waals surface area contributed by atoms with Gasteiger partial charge in [-0.2, -0.15) is 4.98 Å². The molecule has 1 aromatic heterocycles. The molecule has 150 valence electrons. The Balaban J connectivity index is 1.64. The van der Waals surface area contributed by atoms with E-state index in [9.17, 15) is 4.79 Å². The quantitative estimate of drug-likeness (QED) is 0.753. The maximum Gasteiger partial charge on any atom is 0.300 e. The second kappa shape index (κ2) is 8.38. The van der Waals surface area contributed by atoms with Crippen LogP contribution in [0.2, 0.25) is 0 Å². The number of aromatic nitrogens is 2. The molecule has 0 spiro atoms. The zero-order valence-electron chi connectivity index (χ0n) is 16.9. The third kappa shape index (κ3) is 3.67. The summed E-state index contributed by atoms with van der Waals surface area (Å²) in [6, 6.07) is 10.5. The van der Waals surface area contributed by atoms with Crippen molar-refractivity contribution in [3.63, 3.8) is 0 Å². The van der Waals surface area contributed by atoms with Crippen LogP contribution in [0, 0.1) is 5.92 Å². The lowest BCUT2D eigenvalue weighted by molar-refractivity contribution is 0.0116. The molecular weight excluding hydrogens is 352 g/mol. The summed E-state index contributed by atoms with van der Waals surface area (Å²) in [5.41, 5.74) is 1.72. The predicted molar refractivity (Wildman–Crippen MR) is 109 cm³/mol. The first-order chi connectivity index (χ1) is 13.7. The molecule has 0 bridgehead atoms. The summed E-state index contributed by atoms with van der Waals surface area (Å²) in [4.78, 5) is 16.7. The third-order valence-electron chi connectivity index (χ3n) is 6.16. The van der Waals surface area contributed by atoms with E-state index in [4.69, 9.17) is 9.47 Å². The molecule has 0 N–H and O–H groups in total. The Kier molecular flexibility index (Phi) is 5.69. The highest BCUT2D eigenvalue weighted by Gasteiger charge is 2.39. The molecule has 4 rings (SSSR count). The molecule has 2 aliphatic rings. The van der Waals surface area contributed by atoms with Gasteiger partial charge in [0.2, 0.25) is 0 Å². The molecule has 2 unspecified atom stereocenters. The van der Waals surface area contributed by atoms with E-state index in [1.54, 1.807) is 0 Å². The molecule has 2 aromatic rings. The molecule has 0 radical (unpaired) electrons. The van der Waals surface area contributed by atoms with Crippen LogP contribution >= 0.6 is 0 Å². The first kappa shape index (κ1) is 19.0. The smallest absolute Gasteiger partial charge is 0.300 e. The Hall–Kier alpha value is -2.30. The standard InChI is InChI=1S/C23H30N2O3/c1-3-18-19(4-2)25-15-20(28-23(25)24-22(18)26)21(16-11-7-5-8-12-16)27-17-13-9-6-10-14-17/h6,9-10,13-14,16,20-21H,3-5,7-8,11-12,15H2,1-2H3. The van der Waals surface area contributed by atoms with E-state index >= 15 is 0 Å². The van der Waals surface area contributed by atoms with Gasteiger partial charge in [0.1, 0.15) is 11.9 Å². The van der Waals surface area contributed by atoms with Gasteiger partial charge in [-0.05, 0) is 43.7 Å². The minimum atomic E-state index is -0.149. The molecule has 0 amide bonds. The van der Waals surface area contributed by atoms with Gasteiger partial charge in [-0.1, -0.05) is 51.3 Å². The molecule has 0 saturated heterocycles. The zero-order valence-corrected chi connectivity index (χ0v) is 16.9. The Morgan fingerprint density at radius 2 is 1.89 bits per heavy atom. The van der Waals surface area contributed by atoms with E-state index in [0.717, 1.165) is 23.4 Å². The number of fused-ring (bicyclic) bond motifs is 1. The topological polar surface area (TPSA) is 53.4 Å². The zero-order chi connectivity index (χ0) is 19.5. The molecule has 2 heterocycles. The van der Waals surface area contributed by atoms with E-state index in [0.29, 0.717) is 24.9 Å². The fourth-order valence-corrected chi connectivity index (χ4v) is 4.77. The summed E-state index contributed by atoms with van der Waals surface area (Å²) < 4.78 is 14.8. The Labute approximate surface area is 166 Å². The number of rotatable bonds is 6. The van der Waals surface area contributed by atoms with Crippen molar-refractivity contribution in [2.75, 3.05) is 0 Å². The molecular formula is C23H30N2O3. The second-order valence-electron chi connectivity index (χ2n) is 7.89. The van der Waals surface area contributed by atoms with Crippen molar-refractivity contribution < 1.29 is 9.47 Å². The van der Waals surface area contributed by atoms with Crippen LogP contribution in [0.3, 0.4) is 0 Å². The molecule has 28 heavy (non-hydrogen) atoms. The monoisotopic (exact) mass is 382 g/mol. The minimum Gasteiger partial charge on any atom is -0.486 e. The molecule has 1 aliphatic carbocycles. The van der Waals surface area contributed by atoms with E-state index in [2.05, 4.69) is 16.5 Å². The van der Waals surface area contributed by atoms with Gasteiger partial charge < -0.3 is 9.47 Å². The van der Waals surface area contributed by atoms with Crippen LogP contribution in [0.4, 0.5) is 0 Å². The van der Waals surface area contributed by atoms with Crippen molar-refractivity contribution in [1.29, 1.82) is 0 Å². The highest BCUT2D eigenvalue weighted by Crippen LogP contribution is 2.34. The summed E-state index contributed by atoms with van der Waals surface area (Å²) in [6.07, 6.45) is 7.48. The number of ether oxygens (including phenoxy) is 2. The molecule has 1 saturated carbocycles. The molecule has 2 atom stereocenters. The number of nitrogens with zero attached hydrogens (tertiary/aromatic N) is 2. The number of hydrogen-bond acceptors (Lipinski definition) is 4. The molecule has 5 nitrogen and oxygen atoms in total. The van der Waals surface area contributed by atoms with Gasteiger partial charge in [-0.25, -0.2) is 0 Å². The highest BCUT2D eigenvalue weighted by molar-refractivity contribution is 5.25. The van der Waals surface area contributed by atoms with Crippen molar-refractivity contribution >= 4 is 0 Å². The van der Waals surface area contributed by atoms with E-state index < -0.39 is 0 Å². The maximum absolute atomic E-state index is 12.4. The summed E-state index contributed by atoms with van der Waals surface area (Å²) >= 11 is 0. The Morgan fingerprint density at radius 3 is 2.57 bits per heavy atom. The molecule has 1 aromatic carbocycles. The SMILES string of the molecule is CCc1c(CC)n2c(nc1=O)OC(C(Oc1ccccc1)C1CCCCC1)C2. The predicted octanol–water partition coefficient (Wildman–Crippen LogP) is 4.16. The fraction of sp³-hybridized carbons (Fsp3) is 0.565. The number of benzene rings is 1. The van der Waals surface area contributed by atoms with Crippen LogP contribution in [0.15, 0.2) is 35.1 Å². The molecule has 1 fully saturated rings. The molecule has 5 heteroatoms. The van der Waals surface area contributed by atoms with Gasteiger partial charge >= 0.3 is 6.01 Å². The average molecular weight is 383 g/mol. The van der Waals surface area contributed by atoms with Gasteiger partial charge in [0.05, 0.1) is 6.54 Å². The lowest BCUT2D eigenvalue weighted by Gasteiger charge is -2.33. The van der Waals surface area contributed by atoms with Crippen molar-refractivity contribution in [1.82, 2.24) is 9.55 Å². The summed E-state index contributed by atoms with van der Waals surface area (Å²) in [5.74, 6) is 1.35. The average Bonchev–Trinajstić information content (AvgIpc) is 3.15. The number of para-hydroxylation sites is 1. The first-order valence-corrected chi connectivity index (χ1v) is 10.7. The van der Waals surface area contributed by atoms with E-state index in [1.807, 2.05) is 37.3 Å². The minimum absolute atomic E-state index is 0.0331. The van der Waals surface area contributed by atoms with Crippen LogP contribution in [0.1, 0.15) is 57.2 Å². The lowest BCUT2D eigenvalue weighted by atomic mass is 9.83. The van der Waals surface area contributed by atoms with Crippen molar-refractivity contribution in [3.05, 3.63) is 51.9 Å². The van der Waals surface area contributed by atoms with Gasteiger partial charge in [0.15, 0.2) is 6.10 Å². The van der Waals surface area contributed by atoms with Gasteiger partial charge in [-0.15, -0.1) is 0 Å². The lowest BCUT2D eigenvalue weighted by Crippen LogP contribution is -2.42. The van der Waals surface area contributed by atoms with Gasteiger partial charge in [0, 0.05) is 11.3 Å². The fourth-order valence-electron chi connectivity index (χ4n) is 4.77. The van der Waals surface area contributed by atoms with Crippen molar-refractivity contribution in [2.24, 2.45) is 5.92 Å². The third-order valence-corrected chi connectivity index (χ3v) is 6.16. The van der Waals surface area contributed by atoms with Crippen LogP contribution in [-0.4, -0.2) is 21.8 Å². The van der Waals surface area contributed by atoms with Crippen LogP contribution < -0.4 is 15.0 Å². The highest BCUT2D eigenvalue weighted by atomic mass is 16.6. The normalized spacial score (nSPS) is 20.4. The van der Waals surface area contributed by atoms with E-state index in [1.165, 1.54) is 32.1 Å². The largest absolute Gasteiger partial charge is 0.486 e. The van der Waals surface area contributed by atoms with Crippen molar-refractivity contribution in [3.8, 4) is 11.8 Å². The Morgan fingerprint density at radius 1 is 1.14 bits per heavy atom. The summed E-state index contributed by atoms with van der Waals surface area (Å²) in [6.45, 7) is 4.81.